The van der Waals surface area contributed by atoms with Crippen molar-refractivity contribution in [2.75, 3.05) is 12.3 Å². The molecule has 0 spiro atoms. The van der Waals surface area contributed by atoms with Gasteiger partial charge in [0.15, 0.2) is 0 Å². The van der Waals surface area contributed by atoms with Crippen LogP contribution >= 0.6 is 0 Å². The minimum atomic E-state index is -0.168. The Morgan fingerprint density at radius 2 is 2.25 bits per heavy atom. The van der Waals surface area contributed by atoms with Gasteiger partial charge in [-0.3, -0.25) is 9.78 Å². The number of nitrogens with two attached hydrogens (primary N) is 1. The normalized spacial score (nSPS) is 10.3. The van der Waals surface area contributed by atoms with Crippen LogP contribution in [0.2, 0.25) is 0 Å². The summed E-state index contributed by atoms with van der Waals surface area (Å²) in [6.07, 6.45) is 1.63. The quantitative estimate of drug-likeness (QED) is 0.747. The molecule has 0 aliphatic carbocycles. The molecule has 1 aromatic carbocycles. The molecule has 16 heavy (non-hydrogen) atoms. The van der Waals surface area contributed by atoms with Crippen molar-refractivity contribution in [3.8, 4) is 0 Å². The molecule has 1 aromatic heterocycles. The predicted molar refractivity (Wildman–Crippen MR) is 64.2 cm³/mol. The van der Waals surface area contributed by atoms with Crippen molar-refractivity contribution >= 4 is 22.4 Å². The van der Waals surface area contributed by atoms with E-state index in [1.165, 1.54) is 0 Å². The second-order valence-corrected chi connectivity index (χ2v) is 3.50. The fourth-order valence-electron chi connectivity index (χ4n) is 1.61. The zero-order valence-electron chi connectivity index (χ0n) is 9.03. The number of amides is 1. The molecule has 3 N–H and O–H groups in total. The molecule has 0 atom stereocenters. The number of hydrogen-bond acceptors (Lipinski definition) is 3. The summed E-state index contributed by atoms with van der Waals surface area (Å²) in [5.41, 5.74) is 6.76. The number of nitrogens with zero attached hydrogens (tertiary/aromatic N) is 1. The third-order valence-electron chi connectivity index (χ3n) is 2.34. The Kier molecular flexibility index (Phi) is 2.72. The van der Waals surface area contributed by atoms with E-state index < -0.39 is 0 Å². The van der Waals surface area contributed by atoms with E-state index in [-0.39, 0.29) is 5.91 Å². The minimum Gasteiger partial charge on any atom is -0.399 e. The smallest absolute Gasteiger partial charge is 0.270 e. The van der Waals surface area contributed by atoms with E-state index in [1.54, 1.807) is 12.3 Å². The van der Waals surface area contributed by atoms with Crippen LogP contribution in [0.5, 0.6) is 0 Å². The van der Waals surface area contributed by atoms with Gasteiger partial charge in [0.2, 0.25) is 0 Å². The maximum atomic E-state index is 11.8. The Morgan fingerprint density at radius 3 is 3.00 bits per heavy atom. The number of anilines is 1. The van der Waals surface area contributed by atoms with E-state index in [9.17, 15) is 4.79 Å². The number of carbonyl (C=O) groups is 1. The summed E-state index contributed by atoms with van der Waals surface area (Å²) in [5.74, 6) is -0.168. The van der Waals surface area contributed by atoms with Crippen molar-refractivity contribution < 1.29 is 4.79 Å². The number of fused-ring (bicyclic) bond motifs is 1. The first-order valence-corrected chi connectivity index (χ1v) is 5.15. The maximum Gasteiger partial charge on any atom is 0.270 e. The fourth-order valence-corrected chi connectivity index (χ4v) is 1.61. The molecule has 0 fully saturated rings. The number of hydrogen-bond donors (Lipinski definition) is 2. The highest BCUT2D eigenvalue weighted by Gasteiger charge is 2.10. The van der Waals surface area contributed by atoms with Gasteiger partial charge < -0.3 is 11.1 Å². The topological polar surface area (TPSA) is 68.0 Å². The standard InChI is InChI=1S/C12H13N3O/c1-2-14-12(16)11-10-7-9(13)4-3-8(10)5-6-15-11/h3-7H,2,13H2,1H3,(H,14,16). The van der Waals surface area contributed by atoms with Gasteiger partial charge in [-0.15, -0.1) is 0 Å². The SMILES string of the molecule is CCNC(=O)c1nccc2ccc(N)cc12. The van der Waals surface area contributed by atoms with E-state index in [4.69, 9.17) is 5.73 Å². The number of benzene rings is 1. The number of nitrogen functional groups attached to an aromatic ring is 1. The average molecular weight is 215 g/mol. The molecule has 0 aliphatic heterocycles. The molecule has 0 bridgehead atoms. The highest BCUT2D eigenvalue weighted by molar-refractivity contribution is 6.05. The van der Waals surface area contributed by atoms with Crippen LogP contribution in [0.15, 0.2) is 30.5 Å². The molecule has 0 aliphatic rings. The van der Waals surface area contributed by atoms with Crippen LogP contribution in [-0.2, 0) is 0 Å². The summed E-state index contributed by atoms with van der Waals surface area (Å²) < 4.78 is 0. The largest absolute Gasteiger partial charge is 0.399 e. The molecule has 4 nitrogen and oxygen atoms in total. The van der Waals surface area contributed by atoms with Crippen molar-refractivity contribution in [2.24, 2.45) is 0 Å². The lowest BCUT2D eigenvalue weighted by Gasteiger charge is -2.06. The Balaban J connectivity index is 2.60. The van der Waals surface area contributed by atoms with Crippen molar-refractivity contribution in [3.05, 3.63) is 36.2 Å². The van der Waals surface area contributed by atoms with Gasteiger partial charge in [-0.1, -0.05) is 6.07 Å². The minimum absolute atomic E-state index is 0.168. The number of pyridine rings is 1. The maximum absolute atomic E-state index is 11.8. The summed E-state index contributed by atoms with van der Waals surface area (Å²) in [6.45, 7) is 2.45. The van der Waals surface area contributed by atoms with E-state index in [0.29, 0.717) is 17.9 Å². The Bertz CT molecular complexity index is 537. The van der Waals surface area contributed by atoms with Crippen LogP contribution in [0.1, 0.15) is 17.4 Å². The second kappa shape index (κ2) is 4.18. The van der Waals surface area contributed by atoms with Crippen molar-refractivity contribution in [1.82, 2.24) is 10.3 Å². The van der Waals surface area contributed by atoms with Gasteiger partial charge in [0.25, 0.3) is 5.91 Å². The average Bonchev–Trinajstić information content (AvgIpc) is 2.28. The third-order valence-corrected chi connectivity index (χ3v) is 2.34. The first-order chi connectivity index (χ1) is 7.72. The van der Waals surface area contributed by atoms with Gasteiger partial charge in [-0.2, -0.15) is 0 Å². The van der Waals surface area contributed by atoms with Crippen molar-refractivity contribution in [2.45, 2.75) is 6.92 Å². The predicted octanol–water partition coefficient (Wildman–Crippen LogP) is 1.57. The summed E-state index contributed by atoms with van der Waals surface area (Å²) in [5, 5.41) is 4.48. The van der Waals surface area contributed by atoms with Crippen LogP contribution in [0.3, 0.4) is 0 Å². The number of aromatic nitrogens is 1. The Labute approximate surface area is 93.5 Å². The van der Waals surface area contributed by atoms with Crippen LogP contribution in [0, 0.1) is 0 Å². The molecule has 0 unspecified atom stereocenters. The second-order valence-electron chi connectivity index (χ2n) is 3.50. The molecule has 2 rings (SSSR count). The van der Waals surface area contributed by atoms with Crippen molar-refractivity contribution in [1.29, 1.82) is 0 Å². The van der Waals surface area contributed by atoms with Gasteiger partial charge in [-0.05, 0) is 30.5 Å². The van der Waals surface area contributed by atoms with E-state index in [2.05, 4.69) is 10.3 Å². The summed E-state index contributed by atoms with van der Waals surface area (Å²) >= 11 is 0. The lowest BCUT2D eigenvalue weighted by molar-refractivity contribution is 0.0952. The summed E-state index contributed by atoms with van der Waals surface area (Å²) in [6, 6.07) is 7.32. The van der Waals surface area contributed by atoms with E-state index in [1.807, 2.05) is 25.1 Å². The third kappa shape index (κ3) is 1.82. The van der Waals surface area contributed by atoms with Crippen LogP contribution in [-0.4, -0.2) is 17.4 Å². The van der Waals surface area contributed by atoms with Gasteiger partial charge in [0.1, 0.15) is 5.69 Å². The zero-order chi connectivity index (χ0) is 11.5. The molecule has 0 saturated carbocycles. The van der Waals surface area contributed by atoms with Gasteiger partial charge in [0.05, 0.1) is 0 Å². The van der Waals surface area contributed by atoms with Gasteiger partial charge in [0, 0.05) is 23.8 Å². The number of carbonyl (C=O) groups excluding carboxylic acids is 1. The lowest BCUT2D eigenvalue weighted by Crippen LogP contribution is -2.23. The molecule has 1 heterocycles. The molecule has 1 amide bonds. The Hall–Kier alpha value is -2.10. The number of rotatable bonds is 2. The fraction of sp³-hybridized carbons (Fsp3) is 0.167. The first-order valence-electron chi connectivity index (χ1n) is 5.15. The van der Waals surface area contributed by atoms with E-state index in [0.717, 1.165) is 10.8 Å². The van der Waals surface area contributed by atoms with Crippen LogP contribution in [0.25, 0.3) is 10.8 Å². The molecule has 0 radical (unpaired) electrons. The summed E-state index contributed by atoms with van der Waals surface area (Å²) in [7, 11) is 0. The summed E-state index contributed by atoms with van der Waals surface area (Å²) in [4.78, 5) is 15.9. The molecular weight excluding hydrogens is 202 g/mol. The zero-order valence-corrected chi connectivity index (χ0v) is 9.03. The monoisotopic (exact) mass is 215 g/mol. The van der Waals surface area contributed by atoms with Gasteiger partial charge >= 0.3 is 0 Å². The first kappa shape index (κ1) is 10.4. The molecule has 2 aromatic rings. The number of nitrogens with one attached hydrogen (secondary N) is 1. The highest BCUT2D eigenvalue weighted by Crippen LogP contribution is 2.19. The lowest BCUT2D eigenvalue weighted by atomic mass is 10.1. The molecule has 82 valence electrons. The van der Waals surface area contributed by atoms with Crippen LogP contribution < -0.4 is 11.1 Å². The molecular formula is C12H13N3O. The van der Waals surface area contributed by atoms with Crippen LogP contribution in [0.4, 0.5) is 5.69 Å². The molecule has 4 heteroatoms. The van der Waals surface area contributed by atoms with E-state index >= 15 is 0 Å². The van der Waals surface area contributed by atoms with Gasteiger partial charge in [-0.25, -0.2) is 0 Å². The molecule has 0 saturated heterocycles. The van der Waals surface area contributed by atoms with Crippen molar-refractivity contribution in [3.63, 3.8) is 0 Å². The Morgan fingerprint density at radius 1 is 1.44 bits per heavy atom. The highest BCUT2D eigenvalue weighted by atomic mass is 16.1.